The van der Waals surface area contributed by atoms with Gasteiger partial charge in [0.25, 0.3) is 0 Å². The Morgan fingerprint density at radius 1 is 0.731 bits per heavy atom. The van der Waals surface area contributed by atoms with Crippen LogP contribution in [0, 0.1) is 0 Å². The van der Waals surface area contributed by atoms with Crippen LogP contribution in [0.1, 0.15) is 53.4 Å². The van der Waals surface area contributed by atoms with Crippen LogP contribution < -0.4 is 0 Å². The van der Waals surface area contributed by atoms with Gasteiger partial charge in [0, 0.05) is 41.3 Å². The summed E-state index contributed by atoms with van der Waals surface area (Å²) in [5.74, 6) is -0.588. The third kappa shape index (κ3) is 66.3. The van der Waals surface area contributed by atoms with Gasteiger partial charge in [0.05, 0.1) is 0 Å². The predicted molar refractivity (Wildman–Crippen MR) is 103 cm³/mol. The summed E-state index contributed by atoms with van der Waals surface area (Å²) in [5, 5.41) is 14.8. The minimum atomic E-state index is -0.933. The van der Waals surface area contributed by atoms with Gasteiger partial charge < -0.3 is 24.4 Å². The molecule has 0 fully saturated rings. The van der Waals surface area contributed by atoms with Crippen molar-refractivity contribution in [3.63, 3.8) is 0 Å². The lowest BCUT2D eigenvalue weighted by atomic mass is 10.2. The van der Waals surface area contributed by atoms with Crippen molar-refractivity contribution in [2.75, 3.05) is 48.3 Å². The van der Waals surface area contributed by atoms with Crippen LogP contribution in [0.25, 0.3) is 0 Å². The fourth-order valence-corrected chi connectivity index (χ4v) is 0.899. The van der Waals surface area contributed by atoms with Gasteiger partial charge in [-0.3, -0.25) is 9.59 Å². The number of methoxy groups -OCH3 is 3. The molecule has 0 saturated heterocycles. The number of rotatable bonds is 9. The molecule has 2 N–H and O–H groups in total. The van der Waals surface area contributed by atoms with Crippen molar-refractivity contribution in [1.82, 2.24) is 0 Å². The topological polar surface area (TPSA) is 119 Å². The van der Waals surface area contributed by atoms with Crippen LogP contribution in [-0.2, 0) is 28.6 Å². The highest BCUT2D eigenvalue weighted by Gasteiger charge is 1.95. The second kappa shape index (κ2) is 38.9. The highest BCUT2D eigenvalue weighted by molar-refractivity contribution is 5.79. The van der Waals surface area contributed by atoms with Gasteiger partial charge in [-0.2, -0.15) is 0 Å². The van der Waals surface area contributed by atoms with Crippen LogP contribution in [0.3, 0.4) is 0 Å². The first kappa shape index (κ1) is 35.7. The first-order valence-electron chi connectivity index (χ1n) is 8.47. The van der Waals surface area contributed by atoms with E-state index in [1.807, 2.05) is 13.8 Å². The van der Waals surface area contributed by atoms with E-state index in [1.165, 1.54) is 27.8 Å². The number of aliphatic hydroxyl groups is 1. The first-order valence-corrected chi connectivity index (χ1v) is 8.47. The lowest BCUT2D eigenvalue weighted by Crippen LogP contribution is -2.04. The van der Waals surface area contributed by atoms with E-state index in [4.69, 9.17) is 10.2 Å². The summed E-state index contributed by atoms with van der Waals surface area (Å²) in [6.07, 6.45) is 3.39. The van der Waals surface area contributed by atoms with Gasteiger partial charge in [-0.15, -0.1) is 0 Å². The highest BCUT2D eigenvalue weighted by Crippen LogP contribution is 1.87. The molecular weight excluding hydrogens is 344 g/mol. The highest BCUT2D eigenvalue weighted by atomic mass is 16.5. The molecule has 160 valence electrons. The number of hydrogen-bond acceptors (Lipinski definition) is 7. The van der Waals surface area contributed by atoms with Crippen molar-refractivity contribution in [2.45, 2.75) is 53.4 Å². The number of carboxylic acids is 1. The Morgan fingerprint density at radius 3 is 1.23 bits per heavy atom. The molecule has 8 nitrogen and oxygen atoms in total. The zero-order chi connectivity index (χ0) is 21.8. The molecule has 0 heterocycles. The summed E-state index contributed by atoms with van der Waals surface area (Å²) in [5.41, 5.74) is 0. The lowest BCUT2D eigenvalue weighted by Gasteiger charge is -1.93. The van der Waals surface area contributed by atoms with E-state index in [-0.39, 0.29) is 31.4 Å². The van der Waals surface area contributed by atoms with E-state index in [1.54, 1.807) is 0 Å². The van der Waals surface area contributed by atoms with Crippen molar-refractivity contribution in [2.24, 2.45) is 0 Å². The summed E-state index contributed by atoms with van der Waals surface area (Å²) in [4.78, 5) is 30.3. The SMILES string of the molecule is CCC.CCC(=O)COC.CCCC(=O)COC.CO.COCC(=O)O. The van der Waals surface area contributed by atoms with E-state index in [2.05, 4.69) is 28.1 Å². The molecular formula is C18H40O8. The fourth-order valence-electron chi connectivity index (χ4n) is 0.899. The quantitative estimate of drug-likeness (QED) is 0.622. The van der Waals surface area contributed by atoms with E-state index >= 15 is 0 Å². The van der Waals surface area contributed by atoms with Gasteiger partial charge >= 0.3 is 5.97 Å². The summed E-state index contributed by atoms with van der Waals surface area (Å²) in [6.45, 7) is 8.37. The molecule has 0 bridgehead atoms. The Balaban J connectivity index is -0.0000000758. The van der Waals surface area contributed by atoms with Gasteiger partial charge in [0.1, 0.15) is 19.8 Å². The molecule has 0 aliphatic rings. The number of aliphatic carboxylic acids is 1. The van der Waals surface area contributed by atoms with Gasteiger partial charge in [-0.05, 0) is 6.42 Å². The molecule has 0 aliphatic carbocycles. The summed E-state index contributed by atoms with van der Waals surface area (Å²) in [7, 11) is 5.40. The number of carboxylic acid groups (broad SMARTS) is 1. The maximum Gasteiger partial charge on any atom is 0.329 e. The van der Waals surface area contributed by atoms with Crippen molar-refractivity contribution in [3.05, 3.63) is 0 Å². The molecule has 0 aliphatic heterocycles. The third-order valence-electron chi connectivity index (χ3n) is 1.80. The van der Waals surface area contributed by atoms with E-state index in [0.29, 0.717) is 12.8 Å². The van der Waals surface area contributed by atoms with Crippen molar-refractivity contribution in [1.29, 1.82) is 0 Å². The van der Waals surface area contributed by atoms with Crippen LogP contribution in [0.2, 0.25) is 0 Å². The number of carbonyl (C=O) groups excluding carboxylic acids is 2. The molecule has 0 atom stereocenters. The van der Waals surface area contributed by atoms with Crippen LogP contribution in [0.4, 0.5) is 0 Å². The Hall–Kier alpha value is -1.35. The second-order valence-corrected chi connectivity index (χ2v) is 4.58. The van der Waals surface area contributed by atoms with Crippen LogP contribution in [0.5, 0.6) is 0 Å². The van der Waals surface area contributed by atoms with Gasteiger partial charge in [0.2, 0.25) is 0 Å². The van der Waals surface area contributed by atoms with E-state index in [0.717, 1.165) is 13.5 Å². The van der Waals surface area contributed by atoms with E-state index in [9.17, 15) is 14.4 Å². The standard InChI is InChI=1S/C6H12O2.C5H10O2.C3H6O3.C3H8.CH4O/c1-3-4-6(7)5-8-2;1-3-5(6)4-7-2;1-6-2-3(4)5;1-3-2;1-2/h3-5H2,1-2H3;3-4H2,1-2H3;2H2,1H3,(H,4,5);3H2,1-2H3;2H,1H3. The lowest BCUT2D eigenvalue weighted by molar-refractivity contribution is -0.141. The summed E-state index contributed by atoms with van der Waals surface area (Å²) < 4.78 is 13.4. The molecule has 0 spiro atoms. The van der Waals surface area contributed by atoms with Gasteiger partial charge in [-0.1, -0.05) is 34.1 Å². The fraction of sp³-hybridized carbons (Fsp3) is 0.833. The third-order valence-corrected chi connectivity index (χ3v) is 1.80. The Morgan fingerprint density at radius 2 is 1.08 bits per heavy atom. The minimum Gasteiger partial charge on any atom is -0.480 e. The molecule has 26 heavy (non-hydrogen) atoms. The maximum absolute atomic E-state index is 10.5. The predicted octanol–water partition coefficient (Wildman–Crippen LogP) is 2.36. The molecule has 0 aromatic carbocycles. The summed E-state index contributed by atoms with van der Waals surface area (Å²) in [6, 6.07) is 0. The molecule has 0 aromatic rings. The monoisotopic (exact) mass is 384 g/mol. The van der Waals surface area contributed by atoms with Crippen LogP contribution in [-0.4, -0.2) is 76.0 Å². The second-order valence-electron chi connectivity index (χ2n) is 4.58. The van der Waals surface area contributed by atoms with Crippen molar-refractivity contribution < 1.29 is 38.8 Å². The van der Waals surface area contributed by atoms with Crippen molar-refractivity contribution in [3.8, 4) is 0 Å². The summed E-state index contributed by atoms with van der Waals surface area (Å²) >= 11 is 0. The number of ketones is 2. The Kier molecular flexibility index (Phi) is 53.5. The zero-order valence-corrected chi connectivity index (χ0v) is 17.8. The molecule has 0 rings (SSSR count). The normalized spacial score (nSPS) is 8.04. The minimum absolute atomic E-state index is 0.155. The zero-order valence-electron chi connectivity index (χ0n) is 17.8. The maximum atomic E-state index is 10.5. The van der Waals surface area contributed by atoms with Crippen molar-refractivity contribution >= 4 is 17.5 Å². The van der Waals surface area contributed by atoms with E-state index < -0.39 is 5.97 Å². The van der Waals surface area contributed by atoms with Gasteiger partial charge in [-0.25, -0.2) is 4.79 Å². The van der Waals surface area contributed by atoms with Crippen LogP contribution >= 0.6 is 0 Å². The number of aliphatic hydroxyl groups excluding tert-OH is 1. The van der Waals surface area contributed by atoms with Gasteiger partial charge in [0.15, 0.2) is 11.6 Å². The largest absolute Gasteiger partial charge is 0.480 e. The number of hydrogen-bond donors (Lipinski definition) is 2. The molecule has 0 amide bonds. The molecule has 8 heteroatoms. The average molecular weight is 385 g/mol. The van der Waals surface area contributed by atoms with Crippen LogP contribution in [0.15, 0.2) is 0 Å². The Labute approximate surface area is 158 Å². The molecule has 0 saturated carbocycles. The first-order chi connectivity index (χ1) is 12.3. The molecule has 0 aromatic heterocycles. The average Bonchev–Trinajstić information content (AvgIpc) is 2.59. The molecule has 0 unspecified atom stereocenters. The number of ether oxygens (including phenoxy) is 3. The number of Topliss-reactive ketones (excluding diaryl/α,β-unsaturated/α-hetero) is 2. The molecule has 0 radical (unpaired) electrons. The smallest absolute Gasteiger partial charge is 0.329 e. The Bertz CT molecular complexity index is 272. The number of carbonyl (C=O) groups is 3.